The van der Waals surface area contributed by atoms with E-state index >= 15 is 0 Å². The second-order valence-electron chi connectivity index (χ2n) is 3.15. The molecule has 2 heterocycles. The highest BCUT2D eigenvalue weighted by molar-refractivity contribution is 7.94. The number of nitrogens with two attached hydrogens (primary N) is 1. The van der Waals surface area contributed by atoms with E-state index in [2.05, 4.69) is 14.7 Å². The molecule has 0 aliphatic carbocycles. The summed E-state index contributed by atoms with van der Waals surface area (Å²) in [6, 6.07) is 2.60. The van der Waals surface area contributed by atoms with Gasteiger partial charge in [0.05, 0.1) is 0 Å². The maximum atomic E-state index is 11.9. The van der Waals surface area contributed by atoms with E-state index in [-0.39, 0.29) is 20.5 Å². The Bertz CT molecular complexity index is 666. The van der Waals surface area contributed by atoms with Gasteiger partial charge in [-0.2, -0.15) is 4.98 Å². The van der Waals surface area contributed by atoms with Gasteiger partial charge in [0.15, 0.2) is 0 Å². The number of nitrogen functional groups attached to an aromatic ring is 1. The number of halogens is 2. The van der Waals surface area contributed by atoms with E-state index in [1.807, 2.05) is 0 Å². The lowest BCUT2D eigenvalue weighted by molar-refractivity contribution is 0.603. The molecule has 0 fully saturated rings. The maximum absolute atomic E-state index is 11.9. The topological polar surface area (TPSA) is 98.0 Å². The van der Waals surface area contributed by atoms with E-state index in [0.717, 1.165) is 11.3 Å². The standard InChI is InChI=1S/C8H6Cl2N4O2S2/c9-5-2-6(13-8(10)12-5)14-18(15,16)7-1-4(11)3-17-7/h1-3H,11H2,(H,12,13,14). The van der Waals surface area contributed by atoms with E-state index in [1.54, 1.807) is 0 Å². The Hall–Kier alpha value is -1.09. The third-order valence-corrected chi connectivity index (χ3v) is 4.94. The molecule has 0 radical (unpaired) electrons. The van der Waals surface area contributed by atoms with E-state index in [1.165, 1.54) is 17.5 Å². The third kappa shape index (κ3) is 3.02. The molecule has 3 N–H and O–H groups in total. The molecule has 2 rings (SSSR count). The molecular formula is C8H6Cl2N4O2S2. The van der Waals surface area contributed by atoms with E-state index in [4.69, 9.17) is 28.9 Å². The summed E-state index contributed by atoms with van der Waals surface area (Å²) in [7, 11) is -3.75. The van der Waals surface area contributed by atoms with Crippen LogP contribution >= 0.6 is 34.5 Å². The van der Waals surface area contributed by atoms with Crippen LogP contribution in [0.1, 0.15) is 0 Å². The van der Waals surface area contributed by atoms with Crippen LogP contribution in [-0.2, 0) is 10.0 Å². The number of hydrogen-bond donors (Lipinski definition) is 2. The van der Waals surface area contributed by atoms with Crippen LogP contribution in [-0.4, -0.2) is 18.4 Å². The van der Waals surface area contributed by atoms with Crippen LogP contribution in [0, 0.1) is 0 Å². The number of nitrogens with one attached hydrogen (secondary N) is 1. The smallest absolute Gasteiger partial charge is 0.272 e. The number of sulfonamides is 1. The van der Waals surface area contributed by atoms with Crippen LogP contribution in [0.5, 0.6) is 0 Å². The van der Waals surface area contributed by atoms with E-state index < -0.39 is 10.0 Å². The fraction of sp³-hybridized carbons (Fsp3) is 0. The summed E-state index contributed by atoms with van der Waals surface area (Å²) in [5.41, 5.74) is 5.84. The second-order valence-corrected chi connectivity index (χ2v) is 6.70. The zero-order chi connectivity index (χ0) is 13.3. The van der Waals surface area contributed by atoms with Gasteiger partial charge in [-0.05, 0) is 17.7 Å². The molecule has 96 valence electrons. The number of nitrogens with zero attached hydrogens (tertiary/aromatic N) is 2. The highest BCUT2D eigenvalue weighted by Crippen LogP contribution is 2.24. The Kier molecular flexibility index (Phi) is 3.62. The van der Waals surface area contributed by atoms with Crippen molar-refractivity contribution < 1.29 is 8.42 Å². The van der Waals surface area contributed by atoms with Crippen LogP contribution in [0.25, 0.3) is 0 Å². The Balaban J connectivity index is 2.33. The molecule has 0 amide bonds. The van der Waals surface area contributed by atoms with Crippen LogP contribution in [0.4, 0.5) is 11.5 Å². The first-order valence-corrected chi connectivity index (χ1v) is 7.55. The molecule has 10 heteroatoms. The Labute approximate surface area is 117 Å². The predicted octanol–water partition coefficient (Wildman–Crippen LogP) is 2.23. The fourth-order valence-electron chi connectivity index (χ4n) is 1.10. The quantitative estimate of drug-likeness (QED) is 0.666. The summed E-state index contributed by atoms with van der Waals surface area (Å²) in [5, 5.41) is 1.42. The number of rotatable bonds is 3. The highest BCUT2D eigenvalue weighted by Gasteiger charge is 2.17. The van der Waals surface area contributed by atoms with E-state index in [0.29, 0.717) is 5.69 Å². The summed E-state index contributed by atoms with van der Waals surface area (Å²) in [5.74, 6) is -0.00743. The minimum Gasteiger partial charge on any atom is -0.398 e. The van der Waals surface area contributed by atoms with Crippen molar-refractivity contribution in [2.24, 2.45) is 0 Å². The van der Waals surface area contributed by atoms with Crippen LogP contribution < -0.4 is 10.5 Å². The molecule has 0 bridgehead atoms. The lowest BCUT2D eigenvalue weighted by Gasteiger charge is -2.05. The zero-order valence-corrected chi connectivity index (χ0v) is 11.7. The SMILES string of the molecule is Nc1csc(S(=O)(=O)Nc2cc(Cl)nc(Cl)n2)c1. The molecule has 0 aromatic carbocycles. The number of thiophene rings is 1. The summed E-state index contributed by atoms with van der Waals surface area (Å²) in [4.78, 5) is 7.31. The molecule has 0 aliphatic rings. The van der Waals surface area contributed by atoms with Crippen LogP contribution in [0.3, 0.4) is 0 Å². The van der Waals surface area contributed by atoms with Gasteiger partial charge in [-0.1, -0.05) is 11.6 Å². The number of aromatic nitrogens is 2. The van der Waals surface area contributed by atoms with Gasteiger partial charge in [-0.3, -0.25) is 4.72 Å². The summed E-state index contributed by atoms with van der Waals surface area (Å²) in [6.45, 7) is 0. The van der Waals surface area contributed by atoms with Crippen LogP contribution in [0.2, 0.25) is 10.4 Å². The molecule has 2 aromatic rings. The molecule has 0 aliphatic heterocycles. The molecule has 2 aromatic heterocycles. The molecule has 0 atom stereocenters. The van der Waals surface area contributed by atoms with Crippen molar-refractivity contribution in [2.75, 3.05) is 10.5 Å². The van der Waals surface area contributed by atoms with Crippen molar-refractivity contribution >= 4 is 56.1 Å². The fourth-order valence-corrected chi connectivity index (χ4v) is 3.58. The van der Waals surface area contributed by atoms with Crippen molar-refractivity contribution in [1.29, 1.82) is 0 Å². The molecule has 18 heavy (non-hydrogen) atoms. The van der Waals surface area contributed by atoms with Crippen molar-refractivity contribution in [3.8, 4) is 0 Å². The van der Waals surface area contributed by atoms with Crippen molar-refractivity contribution in [1.82, 2.24) is 9.97 Å². The summed E-state index contributed by atoms with van der Waals surface area (Å²) >= 11 is 12.2. The molecule has 0 saturated heterocycles. The summed E-state index contributed by atoms with van der Waals surface area (Å²) in [6.07, 6.45) is 0. The average Bonchev–Trinajstić information content (AvgIpc) is 2.62. The van der Waals surface area contributed by atoms with Gasteiger partial charge in [0.1, 0.15) is 15.2 Å². The molecule has 0 saturated carbocycles. The number of hydrogen-bond acceptors (Lipinski definition) is 6. The lowest BCUT2D eigenvalue weighted by atomic mass is 10.6. The number of anilines is 2. The molecule has 0 spiro atoms. The first-order valence-electron chi connectivity index (χ1n) is 4.44. The largest absolute Gasteiger partial charge is 0.398 e. The second kappa shape index (κ2) is 4.88. The van der Waals surface area contributed by atoms with Crippen molar-refractivity contribution in [3.63, 3.8) is 0 Å². The van der Waals surface area contributed by atoms with Gasteiger partial charge in [-0.15, -0.1) is 11.3 Å². The Morgan fingerprint density at radius 2 is 2.00 bits per heavy atom. The van der Waals surface area contributed by atoms with Gasteiger partial charge < -0.3 is 5.73 Å². The Morgan fingerprint density at radius 3 is 2.56 bits per heavy atom. The monoisotopic (exact) mass is 324 g/mol. The lowest BCUT2D eigenvalue weighted by Crippen LogP contribution is -2.12. The van der Waals surface area contributed by atoms with Crippen molar-refractivity contribution in [3.05, 3.63) is 27.9 Å². The Morgan fingerprint density at radius 1 is 1.28 bits per heavy atom. The van der Waals surface area contributed by atoms with Crippen molar-refractivity contribution in [2.45, 2.75) is 4.21 Å². The normalized spacial score (nSPS) is 11.4. The predicted molar refractivity (Wildman–Crippen MR) is 71.6 cm³/mol. The minimum absolute atomic E-state index is 0.00743. The molecule has 0 unspecified atom stereocenters. The average molecular weight is 325 g/mol. The first kappa shape index (κ1) is 13.3. The van der Waals surface area contributed by atoms with Gasteiger partial charge in [-0.25, -0.2) is 13.4 Å². The maximum Gasteiger partial charge on any atom is 0.272 e. The van der Waals surface area contributed by atoms with Gasteiger partial charge in [0.25, 0.3) is 10.0 Å². The summed E-state index contributed by atoms with van der Waals surface area (Å²) < 4.78 is 26.2. The molecular weight excluding hydrogens is 319 g/mol. The minimum atomic E-state index is -3.75. The van der Waals surface area contributed by atoms with E-state index in [9.17, 15) is 8.42 Å². The van der Waals surface area contributed by atoms with Gasteiger partial charge >= 0.3 is 0 Å². The third-order valence-electron chi connectivity index (χ3n) is 1.77. The van der Waals surface area contributed by atoms with Gasteiger partial charge in [0, 0.05) is 17.1 Å². The van der Waals surface area contributed by atoms with Crippen LogP contribution in [0.15, 0.2) is 21.7 Å². The highest BCUT2D eigenvalue weighted by atomic mass is 35.5. The zero-order valence-electron chi connectivity index (χ0n) is 8.59. The van der Waals surface area contributed by atoms with Gasteiger partial charge in [0.2, 0.25) is 5.28 Å². The first-order chi connectivity index (χ1) is 8.37. The molecule has 6 nitrogen and oxygen atoms in total.